The van der Waals surface area contributed by atoms with E-state index < -0.39 is 0 Å². The van der Waals surface area contributed by atoms with Gasteiger partial charge in [-0.25, -0.2) is 4.98 Å². The number of rotatable bonds is 8. The number of anilines is 1. The van der Waals surface area contributed by atoms with E-state index in [1.165, 1.54) is 16.9 Å². The lowest BCUT2D eigenvalue weighted by Crippen LogP contribution is -2.11. The number of methoxy groups -OCH3 is 1. The second-order valence-corrected chi connectivity index (χ2v) is 6.77. The number of pyridine rings is 1. The minimum Gasteiger partial charge on any atom is -0.481 e. The molecule has 0 spiro atoms. The fourth-order valence-corrected chi connectivity index (χ4v) is 3.16. The van der Waals surface area contributed by atoms with Gasteiger partial charge in [0.25, 0.3) is 0 Å². The summed E-state index contributed by atoms with van der Waals surface area (Å²) in [5, 5.41) is 5.74. The molecule has 1 N–H and O–H groups in total. The van der Waals surface area contributed by atoms with Crippen LogP contribution >= 0.6 is 23.6 Å². The monoisotopic (exact) mass is 385 g/mol. The number of aryl methyl sites for hydroxylation is 1. The van der Waals surface area contributed by atoms with Gasteiger partial charge in [0, 0.05) is 29.3 Å². The fraction of sp³-hybridized carbons (Fsp3) is 0.211. The summed E-state index contributed by atoms with van der Waals surface area (Å²) < 4.78 is 11.1. The minimum atomic E-state index is 0.462. The third-order valence-electron chi connectivity index (χ3n) is 3.61. The molecule has 0 unspecified atom stereocenters. The van der Waals surface area contributed by atoms with Gasteiger partial charge >= 0.3 is 0 Å². The van der Waals surface area contributed by atoms with E-state index in [9.17, 15) is 0 Å². The van der Waals surface area contributed by atoms with Crippen LogP contribution in [0.4, 0.5) is 5.13 Å². The molecule has 134 valence electrons. The number of ether oxygens (including phenoxy) is 2. The smallest absolute Gasteiger partial charge is 0.217 e. The van der Waals surface area contributed by atoms with Crippen molar-refractivity contribution in [2.75, 3.05) is 19.0 Å². The first-order valence-corrected chi connectivity index (χ1v) is 9.47. The van der Waals surface area contributed by atoms with Gasteiger partial charge in [-0.2, -0.15) is 4.98 Å². The minimum absolute atomic E-state index is 0.462. The van der Waals surface area contributed by atoms with Gasteiger partial charge in [0.1, 0.15) is 4.99 Å². The van der Waals surface area contributed by atoms with Gasteiger partial charge in [0.15, 0.2) is 5.13 Å². The molecule has 0 radical (unpaired) electrons. The van der Waals surface area contributed by atoms with Crippen molar-refractivity contribution in [3.05, 3.63) is 65.2 Å². The summed E-state index contributed by atoms with van der Waals surface area (Å²) in [6.45, 7) is 0.571. The summed E-state index contributed by atoms with van der Waals surface area (Å²) >= 11 is 6.94. The van der Waals surface area contributed by atoms with Crippen molar-refractivity contribution in [1.82, 2.24) is 9.97 Å². The SMILES string of the molecule is COc1cc(C(=S)Nc2nccs2)cc(OCCCc2ccccc2)n1. The molecule has 0 aliphatic carbocycles. The lowest BCUT2D eigenvalue weighted by Gasteiger charge is -2.11. The predicted molar refractivity (Wildman–Crippen MR) is 108 cm³/mol. The molecule has 0 amide bonds. The van der Waals surface area contributed by atoms with Crippen molar-refractivity contribution in [1.29, 1.82) is 0 Å². The zero-order chi connectivity index (χ0) is 18.2. The van der Waals surface area contributed by atoms with E-state index >= 15 is 0 Å². The Balaban J connectivity index is 1.60. The van der Waals surface area contributed by atoms with Crippen LogP contribution in [0.5, 0.6) is 11.8 Å². The Labute approximate surface area is 162 Å². The first kappa shape index (κ1) is 18.3. The number of hydrogen-bond donors (Lipinski definition) is 1. The molecule has 0 bridgehead atoms. The number of nitrogens with zero attached hydrogens (tertiary/aromatic N) is 2. The van der Waals surface area contributed by atoms with E-state index in [2.05, 4.69) is 27.4 Å². The summed E-state index contributed by atoms with van der Waals surface area (Å²) in [4.78, 5) is 9.06. The highest BCUT2D eigenvalue weighted by Gasteiger charge is 2.10. The van der Waals surface area contributed by atoms with Gasteiger partial charge in [0.2, 0.25) is 11.8 Å². The lowest BCUT2D eigenvalue weighted by atomic mass is 10.1. The Morgan fingerprint density at radius 3 is 2.73 bits per heavy atom. The van der Waals surface area contributed by atoms with Crippen LogP contribution in [0.15, 0.2) is 54.0 Å². The zero-order valence-electron chi connectivity index (χ0n) is 14.3. The second-order valence-electron chi connectivity index (χ2n) is 5.47. The molecule has 0 atom stereocenters. The van der Waals surface area contributed by atoms with E-state index in [1.54, 1.807) is 19.4 Å². The van der Waals surface area contributed by atoms with Gasteiger partial charge < -0.3 is 14.8 Å². The Kier molecular flexibility index (Phi) is 6.51. The molecule has 0 aliphatic heterocycles. The summed E-state index contributed by atoms with van der Waals surface area (Å²) in [6, 6.07) is 13.9. The number of nitrogens with one attached hydrogen (secondary N) is 1. The maximum absolute atomic E-state index is 5.80. The van der Waals surface area contributed by atoms with Gasteiger partial charge in [-0.05, 0) is 18.4 Å². The highest BCUT2D eigenvalue weighted by Crippen LogP contribution is 2.20. The van der Waals surface area contributed by atoms with E-state index in [0.717, 1.165) is 23.5 Å². The van der Waals surface area contributed by atoms with Crippen molar-refractivity contribution in [3.63, 3.8) is 0 Å². The Hall–Kier alpha value is -2.51. The Bertz CT molecular complexity index is 839. The number of benzene rings is 1. The molecular formula is C19H19N3O2S2. The maximum atomic E-state index is 5.80. The Morgan fingerprint density at radius 1 is 1.19 bits per heavy atom. The zero-order valence-corrected chi connectivity index (χ0v) is 16.0. The number of aromatic nitrogens is 2. The molecular weight excluding hydrogens is 366 g/mol. The topological polar surface area (TPSA) is 56.3 Å². The van der Waals surface area contributed by atoms with Crippen LogP contribution in [0.3, 0.4) is 0 Å². The van der Waals surface area contributed by atoms with Crippen LogP contribution in [0, 0.1) is 0 Å². The first-order valence-electron chi connectivity index (χ1n) is 8.18. The first-order chi connectivity index (χ1) is 12.7. The average Bonchev–Trinajstić information content (AvgIpc) is 3.19. The normalized spacial score (nSPS) is 10.3. The second kappa shape index (κ2) is 9.26. The van der Waals surface area contributed by atoms with Crippen LogP contribution < -0.4 is 14.8 Å². The molecule has 26 heavy (non-hydrogen) atoms. The predicted octanol–water partition coefficient (Wildman–Crippen LogP) is 4.35. The molecule has 0 saturated carbocycles. The van der Waals surface area contributed by atoms with Crippen molar-refractivity contribution < 1.29 is 9.47 Å². The van der Waals surface area contributed by atoms with Gasteiger partial charge in [-0.3, -0.25) is 0 Å². The average molecular weight is 386 g/mol. The number of thiocarbonyl (C=S) groups is 1. The van der Waals surface area contributed by atoms with Crippen LogP contribution in [0.2, 0.25) is 0 Å². The van der Waals surface area contributed by atoms with Crippen LogP contribution in [0.25, 0.3) is 0 Å². The molecule has 2 aromatic heterocycles. The molecule has 7 heteroatoms. The summed E-state index contributed by atoms with van der Waals surface area (Å²) in [5.74, 6) is 0.958. The van der Waals surface area contributed by atoms with Crippen molar-refractivity contribution in [3.8, 4) is 11.8 Å². The standard InChI is InChI=1S/C19H19N3O2S2/c1-23-16-12-15(18(25)22-19-20-9-11-26-19)13-17(21-16)24-10-5-8-14-6-3-2-4-7-14/h2-4,6-7,9,11-13H,5,8,10H2,1H3,(H,20,22,25). The van der Waals surface area contributed by atoms with E-state index in [-0.39, 0.29) is 0 Å². The van der Waals surface area contributed by atoms with Gasteiger partial charge in [0.05, 0.1) is 13.7 Å². The Morgan fingerprint density at radius 2 is 2.00 bits per heavy atom. The third kappa shape index (κ3) is 5.24. The molecule has 0 aliphatic rings. The molecule has 0 saturated heterocycles. The largest absolute Gasteiger partial charge is 0.481 e. The summed E-state index contributed by atoms with van der Waals surface area (Å²) in [6.07, 6.45) is 3.59. The molecule has 0 fully saturated rings. The van der Waals surface area contributed by atoms with E-state index in [0.29, 0.717) is 23.4 Å². The van der Waals surface area contributed by atoms with E-state index in [4.69, 9.17) is 21.7 Å². The van der Waals surface area contributed by atoms with Crippen molar-refractivity contribution in [2.24, 2.45) is 0 Å². The highest BCUT2D eigenvalue weighted by molar-refractivity contribution is 7.81. The highest BCUT2D eigenvalue weighted by atomic mass is 32.1. The molecule has 2 heterocycles. The van der Waals surface area contributed by atoms with E-state index in [1.807, 2.05) is 29.6 Å². The van der Waals surface area contributed by atoms with Crippen LogP contribution in [-0.2, 0) is 6.42 Å². The van der Waals surface area contributed by atoms with Crippen molar-refractivity contribution in [2.45, 2.75) is 12.8 Å². The third-order valence-corrected chi connectivity index (χ3v) is 4.63. The summed E-state index contributed by atoms with van der Waals surface area (Å²) in [5.41, 5.74) is 2.07. The fourth-order valence-electron chi connectivity index (χ4n) is 2.34. The molecule has 3 aromatic rings. The van der Waals surface area contributed by atoms with Crippen LogP contribution in [0.1, 0.15) is 17.5 Å². The lowest BCUT2D eigenvalue weighted by molar-refractivity contribution is 0.292. The molecule has 5 nitrogen and oxygen atoms in total. The van der Waals surface area contributed by atoms with Gasteiger partial charge in [-0.1, -0.05) is 42.5 Å². The van der Waals surface area contributed by atoms with Gasteiger partial charge in [-0.15, -0.1) is 11.3 Å². The number of thiazole rings is 1. The molecule has 1 aromatic carbocycles. The van der Waals surface area contributed by atoms with Crippen LogP contribution in [-0.4, -0.2) is 28.7 Å². The number of hydrogen-bond acceptors (Lipinski definition) is 6. The quantitative estimate of drug-likeness (QED) is 0.460. The summed E-state index contributed by atoms with van der Waals surface area (Å²) in [7, 11) is 1.57. The maximum Gasteiger partial charge on any atom is 0.217 e. The van der Waals surface area contributed by atoms with Crippen molar-refractivity contribution >= 4 is 33.7 Å². The molecule has 3 rings (SSSR count).